The molecule has 0 spiro atoms. The van der Waals surface area contributed by atoms with E-state index in [1.807, 2.05) is 48.5 Å². The second-order valence-corrected chi connectivity index (χ2v) is 9.54. The maximum Gasteiger partial charge on any atom is 0.234 e. The van der Waals surface area contributed by atoms with Gasteiger partial charge in [0, 0.05) is 23.9 Å². The second kappa shape index (κ2) is 9.24. The molecule has 1 N–H and O–H groups in total. The number of carbonyl (C=O) groups excluding carboxylic acids is 1. The molecule has 1 aromatic heterocycles. The number of nitrogens with one attached hydrogen (secondary N) is 1. The smallest absolute Gasteiger partial charge is 0.234 e. The third-order valence-electron chi connectivity index (χ3n) is 5.11. The van der Waals surface area contributed by atoms with Crippen LogP contribution in [0, 0.1) is 0 Å². The molecule has 2 heterocycles. The number of hydrogen-bond donors (Lipinski definition) is 1. The minimum atomic E-state index is -0.168. The monoisotopic (exact) mass is 436 g/mol. The number of nitrogens with zero attached hydrogens (tertiary/aromatic N) is 3. The van der Waals surface area contributed by atoms with Gasteiger partial charge in [0.05, 0.1) is 35.9 Å². The van der Waals surface area contributed by atoms with Crippen molar-refractivity contribution in [3.63, 3.8) is 0 Å². The highest BCUT2D eigenvalue weighted by molar-refractivity contribution is 8.00. The van der Waals surface area contributed by atoms with E-state index in [0.29, 0.717) is 13.2 Å². The Morgan fingerprint density at radius 2 is 1.77 bits per heavy atom. The number of morpholine rings is 1. The first-order valence-electron chi connectivity index (χ1n) is 10.5. The van der Waals surface area contributed by atoms with Gasteiger partial charge in [-0.25, -0.2) is 9.97 Å². The molecule has 1 amide bonds. The van der Waals surface area contributed by atoms with Crippen LogP contribution in [-0.2, 0) is 14.9 Å². The lowest BCUT2D eigenvalue weighted by atomic mass is 9.95. The molecule has 1 fully saturated rings. The molecule has 0 aliphatic carbocycles. The van der Waals surface area contributed by atoms with E-state index in [9.17, 15) is 4.79 Å². The zero-order valence-corrected chi connectivity index (χ0v) is 19.0. The maximum atomic E-state index is 12.8. The summed E-state index contributed by atoms with van der Waals surface area (Å²) in [6, 6.07) is 15.9. The van der Waals surface area contributed by atoms with E-state index >= 15 is 0 Å². The average molecular weight is 437 g/mol. The van der Waals surface area contributed by atoms with Crippen molar-refractivity contribution in [1.29, 1.82) is 0 Å². The van der Waals surface area contributed by atoms with Crippen molar-refractivity contribution in [2.75, 3.05) is 42.3 Å². The molecule has 2 aromatic carbocycles. The summed E-state index contributed by atoms with van der Waals surface area (Å²) in [4.78, 5) is 24.6. The molecule has 31 heavy (non-hydrogen) atoms. The number of amides is 1. The van der Waals surface area contributed by atoms with Gasteiger partial charge in [0.1, 0.15) is 10.9 Å². The number of thioether (sulfide) groups is 1. The van der Waals surface area contributed by atoms with Gasteiger partial charge in [-0.05, 0) is 18.2 Å². The summed E-state index contributed by atoms with van der Waals surface area (Å²) in [6.07, 6.45) is 0. The van der Waals surface area contributed by atoms with E-state index in [1.54, 1.807) is 0 Å². The molecule has 162 valence electrons. The minimum Gasteiger partial charge on any atom is -0.378 e. The molecule has 0 saturated carbocycles. The Morgan fingerprint density at radius 1 is 1.06 bits per heavy atom. The van der Waals surface area contributed by atoms with Crippen molar-refractivity contribution >= 4 is 39.9 Å². The van der Waals surface area contributed by atoms with E-state index < -0.39 is 0 Å². The van der Waals surface area contributed by atoms with E-state index in [2.05, 4.69) is 31.0 Å². The topological polar surface area (TPSA) is 67.4 Å². The van der Waals surface area contributed by atoms with Gasteiger partial charge in [-0.15, -0.1) is 0 Å². The zero-order chi connectivity index (χ0) is 21.8. The number of aromatic nitrogens is 2. The number of anilines is 2. The molecular weight excluding hydrogens is 408 g/mol. The molecule has 1 aliphatic heterocycles. The average Bonchev–Trinajstić information content (AvgIpc) is 2.77. The van der Waals surface area contributed by atoms with Crippen molar-refractivity contribution in [3.8, 4) is 0 Å². The molecule has 3 aromatic rings. The van der Waals surface area contributed by atoms with Crippen LogP contribution in [-0.4, -0.2) is 47.9 Å². The summed E-state index contributed by atoms with van der Waals surface area (Å²) >= 11 is 1.45. The van der Waals surface area contributed by atoms with Crippen LogP contribution in [0.3, 0.4) is 0 Å². The van der Waals surface area contributed by atoms with Gasteiger partial charge >= 0.3 is 0 Å². The number of hydrogen-bond acceptors (Lipinski definition) is 6. The van der Waals surface area contributed by atoms with Crippen molar-refractivity contribution in [3.05, 3.63) is 54.4 Å². The Morgan fingerprint density at radius 3 is 2.55 bits per heavy atom. The fraction of sp³-hybridized carbons (Fsp3) is 0.375. The first kappa shape index (κ1) is 21.6. The van der Waals surface area contributed by atoms with Crippen LogP contribution < -0.4 is 10.2 Å². The van der Waals surface area contributed by atoms with Crippen molar-refractivity contribution in [2.45, 2.75) is 31.2 Å². The lowest BCUT2D eigenvalue weighted by molar-refractivity contribution is -0.113. The van der Waals surface area contributed by atoms with Crippen LogP contribution in [0.15, 0.2) is 53.6 Å². The Balaban J connectivity index is 1.51. The molecule has 7 heteroatoms. The highest BCUT2D eigenvalue weighted by Crippen LogP contribution is 2.30. The molecule has 6 nitrogen and oxygen atoms in total. The van der Waals surface area contributed by atoms with Crippen LogP contribution in [0.2, 0.25) is 0 Å². The molecule has 0 atom stereocenters. The third kappa shape index (κ3) is 5.17. The Hall–Kier alpha value is -2.64. The fourth-order valence-electron chi connectivity index (χ4n) is 3.47. The van der Waals surface area contributed by atoms with Crippen LogP contribution in [0.5, 0.6) is 0 Å². The van der Waals surface area contributed by atoms with Gasteiger partial charge in [-0.1, -0.05) is 62.9 Å². The van der Waals surface area contributed by atoms with E-state index in [1.165, 1.54) is 11.8 Å². The Bertz CT molecular complexity index is 1070. The summed E-state index contributed by atoms with van der Waals surface area (Å²) in [5.74, 6) is 1.01. The molecular formula is C24H28N4O2S. The van der Waals surface area contributed by atoms with Crippen molar-refractivity contribution in [1.82, 2.24) is 9.97 Å². The normalized spacial score (nSPS) is 14.6. The van der Waals surface area contributed by atoms with E-state index in [0.717, 1.165) is 46.2 Å². The summed E-state index contributed by atoms with van der Waals surface area (Å²) in [5.41, 5.74) is 2.60. The SMILES string of the molecule is CC(C)(C)c1nc(SCC(=O)Nc2ccccc2N2CCOCC2)c2ccccc2n1. The summed E-state index contributed by atoms with van der Waals surface area (Å²) in [5, 5.41) is 4.90. The first-order valence-corrected chi connectivity index (χ1v) is 11.5. The molecule has 1 aliphatic rings. The quantitative estimate of drug-likeness (QED) is 0.469. The fourth-order valence-corrected chi connectivity index (χ4v) is 4.29. The van der Waals surface area contributed by atoms with Crippen molar-refractivity contribution in [2.24, 2.45) is 0 Å². The van der Waals surface area contributed by atoms with Crippen molar-refractivity contribution < 1.29 is 9.53 Å². The number of fused-ring (bicyclic) bond motifs is 1. The lowest BCUT2D eigenvalue weighted by Gasteiger charge is -2.30. The minimum absolute atomic E-state index is 0.0503. The first-order chi connectivity index (χ1) is 14.9. The van der Waals surface area contributed by atoms with Crippen LogP contribution >= 0.6 is 11.8 Å². The number of benzene rings is 2. The predicted octanol–water partition coefficient (Wildman–Crippen LogP) is 4.49. The highest BCUT2D eigenvalue weighted by atomic mass is 32.2. The van der Waals surface area contributed by atoms with Gasteiger partial charge in [0.2, 0.25) is 5.91 Å². The van der Waals surface area contributed by atoms with Gasteiger partial charge in [0.25, 0.3) is 0 Å². The molecule has 4 rings (SSSR count). The Labute approximate surface area is 187 Å². The zero-order valence-electron chi connectivity index (χ0n) is 18.2. The predicted molar refractivity (Wildman–Crippen MR) is 127 cm³/mol. The van der Waals surface area contributed by atoms with Crippen LogP contribution in [0.1, 0.15) is 26.6 Å². The standard InChI is InChI=1S/C24H28N4O2S/c1-24(2,3)23-26-18-9-5-4-8-17(18)22(27-23)31-16-21(29)25-19-10-6-7-11-20(19)28-12-14-30-15-13-28/h4-11H,12-16H2,1-3H3,(H,25,29). The van der Waals surface area contributed by atoms with Gasteiger partial charge < -0.3 is 15.0 Å². The number of para-hydroxylation sites is 3. The highest BCUT2D eigenvalue weighted by Gasteiger charge is 2.21. The molecule has 0 unspecified atom stereocenters. The second-order valence-electron chi connectivity index (χ2n) is 8.57. The molecule has 0 bridgehead atoms. The summed E-state index contributed by atoms with van der Waals surface area (Å²) in [6.45, 7) is 9.35. The van der Waals surface area contributed by atoms with E-state index in [4.69, 9.17) is 14.7 Å². The number of carbonyl (C=O) groups is 1. The molecule has 0 radical (unpaired) electrons. The Kier molecular flexibility index (Phi) is 6.43. The maximum absolute atomic E-state index is 12.8. The largest absolute Gasteiger partial charge is 0.378 e. The summed E-state index contributed by atoms with van der Waals surface area (Å²) in [7, 11) is 0. The number of rotatable bonds is 5. The summed E-state index contributed by atoms with van der Waals surface area (Å²) < 4.78 is 5.45. The lowest BCUT2D eigenvalue weighted by Crippen LogP contribution is -2.36. The van der Waals surface area contributed by atoms with Gasteiger partial charge in [0.15, 0.2) is 0 Å². The van der Waals surface area contributed by atoms with Gasteiger partial charge in [-0.2, -0.15) is 0 Å². The van der Waals surface area contributed by atoms with Crippen LogP contribution in [0.4, 0.5) is 11.4 Å². The van der Waals surface area contributed by atoms with Gasteiger partial charge in [-0.3, -0.25) is 4.79 Å². The third-order valence-corrected chi connectivity index (χ3v) is 6.10. The number of ether oxygens (including phenoxy) is 1. The van der Waals surface area contributed by atoms with Crippen LogP contribution in [0.25, 0.3) is 10.9 Å². The molecule has 1 saturated heterocycles. The van der Waals surface area contributed by atoms with E-state index in [-0.39, 0.29) is 17.1 Å².